The minimum Gasteiger partial charge on any atom is -0.364 e. The smallest absolute Gasteiger partial charge is 0.193 e. The molecule has 1 aromatic carbocycles. The summed E-state index contributed by atoms with van der Waals surface area (Å²) in [6, 6.07) is 7.59. The molecule has 2 heterocycles. The van der Waals surface area contributed by atoms with Crippen LogP contribution in [0.1, 0.15) is 17.7 Å². The molecule has 1 aromatic heterocycles. The van der Waals surface area contributed by atoms with Crippen molar-refractivity contribution in [2.75, 3.05) is 39.8 Å². The fourth-order valence-corrected chi connectivity index (χ4v) is 3.70. The summed E-state index contributed by atoms with van der Waals surface area (Å²) in [7, 11) is 1.83. The highest BCUT2D eigenvalue weighted by Gasteiger charge is 2.20. The van der Waals surface area contributed by atoms with E-state index in [1.54, 1.807) is 12.3 Å². The molecule has 27 heavy (non-hydrogen) atoms. The van der Waals surface area contributed by atoms with Crippen LogP contribution in [0.25, 0.3) is 0 Å². The minimum absolute atomic E-state index is 0.671. The van der Waals surface area contributed by atoms with Crippen LogP contribution in [0.5, 0.6) is 0 Å². The third kappa shape index (κ3) is 5.86. The van der Waals surface area contributed by atoms with E-state index < -0.39 is 0 Å². The van der Waals surface area contributed by atoms with E-state index in [4.69, 9.17) is 27.7 Å². The lowest BCUT2D eigenvalue weighted by Gasteiger charge is -2.36. The van der Waals surface area contributed by atoms with Gasteiger partial charge in [0, 0.05) is 62.4 Å². The average molecular weight is 410 g/mol. The topological polar surface area (TPSA) is 56.9 Å². The van der Waals surface area contributed by atoms with Crippen molar-refractivity contribution >= 4 is 29.2 Å². The average Bonchev–Trinajstić information content (AvgIpc) is 3.17. The van der Waals surface area contributed by atoms with E-state index in [9.17, 15) is 0 Å². The monoisotopic (exact) mass is 409 g/mol. The quantitative estimate of drug-likeness (QED) is 0.450. The van der Waals surface area contributed by atoms with Crippen LogP contribution in [0.15, 0.2) is 40.0 Å². The maximum atomic E-state index is 6.23. The molecule has 146 valence electrons. The van der Waals surface area contributed by atoms with Gasteiger partial charge in [-0.3, -0.25) is 9.89 Å². The molecule has 1 aliphatic rings. The molecule has 1 fully saturated rings. The Morgan fingerprint density at radius 1 is 1.22 bits per heavy atom. The number of aliphatic imine (C=N–C) groups is 1. The molecule has 6 nitrogen and oxygen atoms in total. The molecule has 0 bridgehead atoms. The summed E-state index contributed by atoms with van der Waals surface area (Å²) >= 11 is 12.2. The number of benzene rings is 1. The second kappa shape index (κ2) is 9.97. The van der Waals surface area contributed by atoms with Gasteiger partial charge < -0.3 is 14.7 Å². The van der Waals surface area contributed by atoms with Gasteiger partial charge in [-0.1, -0.05) is 34.4 Å². The Morgan fingerprint density at radius 3 is 2.70 bits per heavy atom. The molecular formula is C19H25Cl2N5O. The van der Waals surface area contributed by atoms with Gasteiger partial charge in [-0.15, -0.1) is 0 Å². The first-order chi connectivity index (χ1) is 13.2. The molecule has 0 saturated carbocycles. The Labute approximate surface area is 170 Å². The van der Waals surface area contributed by atoms with Crippen LogP contribution in [0.4, 0.5) is 0 Å². The number of nitrogens with one attached hydrogen (secondary N) is 1. The van der Waals surface area contributed by atoms with Crippen LogP contribution >= 0.6 is 23.2 Å². The number of halogens is 2. The van der Waals surface area contributed by atoms with Gasteiger partial charge >= 0.3 is 0 Å². The lowest BCUT2D eigenvalue weighted by molar-refractivity contribution is 0.169. The number of guanidine groups is 1. The Bertz CT molecular complexity index is 743. The second-order valence-electron chi connectivity index (χ2n) is 6.57. The van der Waals surface area contributed by atoms with E-state index >= 15 is 0 Å². The molecule has 0 amide bonds. The summed E-state index contributed by atoms with van der Waals surface area (Å²) < 4.78 is 4.90. The van der Waals surface area contributed by atoms with E-state index in [-0.39, 0.29) is 0 Å². The van der Waals surface area contributed by atoms with Gasteiger partial charge in [0.2, 0.25) is 0 Å². The van der Waals surface area contributed by atoms with Crippen molar-refractivity contribution in [2.24, 2.45) is 4.99 Å². The predicted octanol–water partition coefficient (Wildman–Crippen LogP) is 3.31. The van der Waals surface area contributed by atoms with Gasteiger partial charge in [0.05, 0.1) is 5.69 Å². The van der Waals surface area contributed by atoms with Gasteiger partial charge in [-0.05, 0) is 30.5 Å². The summed E-state index contributed by atoms with van der Waals surface area (Å²) in [6.07, 6.45) is 3.51. The molecule has 0 atom stereocenters. The van der Waals surface area contributed by atoms with Gasteiger partial charge in [0.1, 0.15) is 6.26 Å². The van der Waals surface area contributed by atoms with Crippen molar-refractivity contribution in [3.05, 3.63) is 51.8 Å². The lowest BCUT2D eigenvalue weighted by Crippen LogP contribution is -2.52. The highest BCUT2D eigenvalue weighted by Crippen LogP contribution is 2.21. The zero-order valence-corrected chi connectivity index (χ0v) is 17.0. The molecule has 0 spiro atoms. The maximum absolute atomic E-state index is 6.23. The van der Waals surface area contributed by atoms with Crippen LogP contribution in [0.3, 0.4) is 0 Å². The van der Waals surface area contributed by atoms with Gasteiger partial charge in [-0.2, -0.15) is 0 Å². The normalized spacial score (nSPS) is 16.0. The van der Waals surface area contributed by atoms with E-state index in [1.807, 2.05) is 25.2 Å². The Morgan fingerprint density at radius 2 is 2.04 bits per heavy atom. The van der Waals surface area contributed by atoms with Crippen LogP contribution in [0.2, 0.25) is 10.0 Å². The van der Waals surface area contributed by atoms with Crippen molar-refractivity contribution in [1.82, 2.24) is 20.3 Å². The van der Waals surface area contributed by atoms with Crippen molar-refractivity contribution in [3.63, 3.8) is 0 Å². The highest BCUT2D eigenvalue weighted by molar-refractivity contribution is 6.35. The van der Waals surface area contributed by atoms with E-state index in [0.29, 0.717) is 5.02 Å². The molecule has 1 saturated heterocycles. The second-order valence-corrected chi connectivity index (χ2v) is 7.41. The van der Waals surface area contributed by atoms with Crippen LogP contribution < -0.4 is 5.32 Å². The number of rotatable bonds is 6. The lowest BCUT2D eigenvalue weighted by atomic mass is 10.1. The van der Waals surface area contributed by atoms with E-state index in [2.05, 4.69) is 25.3 Å². The molecule has 2 aromatic rings. The Hall–Kier alpha value is -1.76. The van der Waals surface area contributed by atoms with Crippen LogP contribution in [-0.4, -0.2) is 60.7 Å². The molecule has 0 unspecified atom stereocenters. The Kier molecular flexibility index (Phi) is 7.38. The molecule has 3 rings (SSSR count). The largest absolute Gasteiger partial charge is 0.364 e. The molecular weight excluding hydrogens is 385 g/mol. The van der Waals surface area contributed by atoms with E-state index in [1.165, 1.54) is 0 Å². The SMILES string of the molecule is CN=C(NCCCc1ccc(Cl)cc1Cl)N1CCN(Cc2ccon2)CC1. The summed E-state index contributed by atoms with van der Waals surface area (Å²) in [6.45, 7) is 5.53. The number of aromatic nitrogens is 1. The minimum atomic E-state index is 0.671. The highest BCUT2D eigenvalue weighted by atomic mass is 35.5. The third-order valence-electron chi connectivity index (χ3n) is 4.68. The summed E-state index contributed by atoms with van der Waals surface area (Å²) in [5.74, 6) is 0.957. The first-order valence-electron chi connectivity index (χ1n) is 9.17. The van der Waals surface area contributed by atoms with Crippen molar-refractivity contribution < 1.29 is 4.52 Å². The zero-order chi connectivity index (χ0) is 19.1. The van der Waals surface area contributed by atoms with Gasteiger partial charge in [0.25, 0.3) is 0 Å². The summed E-state index contributed by atoms with van der Waals surface area (Å²) in [4.78, 5) is 9.11. The van der Waals surface area contributed by atoms with Gasteiger partial charge in [0.15, 0.2) is 5.96 Å². The number of hydrogen-bond acceptors (Lipinski definition) is 4. The maximum Gasteiger partial charge on any atom is 0.193 e. The molecule has 0 aliphatic carbocycles. The fraction of sp³-hybridized carbons (Fsp3) is 0.474. The predicted molar refractivity (Wildman–Crippen MR) is 109 cm³/mol. The molecule has 1 N–H and O–H groups in total. The number of hydrogen-bond donors (Lipinski definition) is 1. The van der Waals surface area contributed by atoms with Crippen molar-refractivity contribution in [3.8, 4) is 0 Å². The molecule has 8 heteroatoms. The first-order valence-corrected chi connectivity index (χ1v) is 9.92. The van der Waals surface area contributed by atoms with Gasteiger partial charge in [-0.25, -0.2) is 0 Å². The summed E-state index contributed by atoms with van der Waals surface area (Å²) in [5, 5.41) is 8.85. The van der Waals surface area contributed by atoms with Crippen molar-refractivity contribution in [2.45, 2.75) is 19.4 Å². The number of piperazine rings is 1. The third-order valence-corrected chi connectivity index (χ3v) is 5.27. The first kappa shape index (κ1) is 20.0. The standard InChI is InChI=1S/C19H25Cl2N5O/c1-22-19(23-7-2-3-15-4-5-16(20)13-18(15)21)26-10-8-25(9-11-26)14-17-6-12-27-24-17/h4-6,12-13H,2-3,7-11,14H2,1H3,(H,22,23). The zero-order valence-electron chi connectivity index (χ0n) is 15.5. The molecule has 1 aliphatic heterocycles. The molecule has 0 radical (unpaired) electrons. The number of nitrogens with zero attached hydrogens (tertiary/aromatic N) is 4. The fourth-order valence-electron chi connectivity index (χ4n) is 3.20. The summed E-state index contributed by atoms with van der Waals surface area (Å²) in [5.41, 5.74) is 2.10. The van der Waals surface area contributed by atoms with Crippen molar-refractivity contribution in [1.29, 1.82) is 0 Å². The number of aryl methyl sites for hydroxylation is 1. The Balaban J connectivity index is 1.39. The van der Waals surface area contributed by atoms with Crippen LogP contribution in [0, 0.1) is 0 Å². The van der Waals surface area contributed by atoms with Crippen LogP contribution in [-0.2, 0) is 13.0 Å². The van der Waals surface area contributed by atoms with E-state index in [0.717, 1.165) is 74.3 Å².